The largest absolute Gasteiger partial charge is 0.359 e. The van der Waals surface area contributed by atoms with Gasteiger partial charge in [-0.15, -0.1) is 0 Å². The van der Waals surface area contributed by atoms with Crippen molar-refractivity contribution < 1.29 is 4.79 Å². The zero-order chi connectivity index (χ0) is 55.4. The van der Waals surface area contributed by atoms with Gasteiger partial charge in [-0.05, 0) is 105 Å². The van der Waals surface area contributed by atoms with E-state index in [2.05, 4.69) is 129 Å². The number of nitrogens with one attached hydrogen (secondary N) is 1. The highest BCUT2D eigenvalue weighted by atomic mass is 16.2. The summed E-state index contributed by atoms with van der Waals surface area (Å²) in [6, 6.07) is 16.9. The molecule has 0 atom stereocenters. The molecule has 11 heteroatoms. The Hall–Kier alpha value is -4.93. The average molecular weight is 998 g/mol. The van der Waals surface area contributed by atoms with Crippen LogP contribution in [0.15, 0.2) is 72.2 Å². The van der Waals surface area contributed by atoms with E-state index in [-0.39, 0.29) is 11.8 Å². The number of rotatable bonds is 5. The van der Waals surface area contributed by atoms with Gasteiger partial charge in [0.05, 0.1) is 0 Å². The topological polar surface area (TPSA) is 116 Å². The summed E-state index contributed by atoms with van der Waals surface area (Å²) in [7, 11) is 6.27. The van der Waals surface area contributed by atoms with E-state index < -0.39 is 0 Å². The lowest BCUT2D eigenvalue weighted by molar-refractivity contribution is -0.122. The highest BCUT2D eigenvalue weighted by Gasteiger charge is 2.48. The Balaban J connectivity index is 0. The third-order valence-electron chi connectivity index (χ3n) is 11.8. The van der Waals surface area contributed by atoms with Crippen molar-refractivity contribution in [3.05, 3.63) is 101 Å². The van der Waals surface area contributed by atoms with E-state index in [9.17, 15) is 4.79 Å². The van der Waals surface area contributed by atoms with Crippen molar-refractivity contribution in [1.82, 2.24) is 35.1 Å². The first kappa shape index (κ1) is 69.1. The van der Waals surface area contributed by atoms with E-state index in [4.69, 9.17) is 9.97 Å². The maximum Gasteiger partial charge on any atom is 0.229 e. The molecular weight excluding hydrogens is 889 g/mol. The van der Waals surface area contributed by atoms with E-state index in [0.29, 0.717) is 35.0 Å². The van der Waals surface area contributed by atoms with Crippen LogP contribution in [0.25, 0.3) is 0 Å². The summed E-state index contributed by atoms with van der Waals surface area (Å²) >= 11 is 0. The Kier molecular flexibility index (Phi) is 38.0. The Bertz CT molecular complexity index is 1930. The average Bonchev–Trinajstić information content (AvgIpc) is 4.23. The lowest BCUT2D eigenvalue weighted by Crippen LogP contribution is -2.46. The molecule has 4 aromatic heterocycles. The van der Waals surface area contributed by atoms with E-state index in [0.717, 1.165) is 37.4 Å². The van der Waals surface area contributed by atoms with Crippen molar-refractivity contribution in [2.75, 3.05) is 57.1 Å². The molecule has 1 N–H and O–H groups in total. The number of hydrogen-bond acceptors (Lipinski definition) is 10. The molecule has 1 saturated carbocycles. The van der Waals surface area contributed by atoms with Gasteiger partial charge in [0, 0.05) is 99.4 Å². The fraction of sp³-hybridized carbons (Fsp3) is 0.656. The number of carbonyl (C=O) groups excluding carboxylic acids is 1. The van der Waals surface area contributed by atoms with Crippen LogP contribution in [0.4, 0.5) is 11.6 Å². The molecule has 0 unspecified atom stereocenters. The zero-order valence-electron chi connectivity index (χ0n) is 50.4. The van der Waals surface area contributed by atoms with Crippen LogP contribution in [0, 0.1) is 5.92 Å². The number of amides is 1. The Morgan fingerprint density at radius 2 is 1.07 bits per heavy atom. The molecule has 0 saturated heterocycles. The summed E-state index contributed by atoms with van der Waals surface area (Å²) in [4.78, 5) is 43.9. The van der Waals surface area contributed by atoms with E-state index >= 15 is 0 Å². The lowest BCUT2D eigenvalue weighted by atomic mass is 9.88. The number of nitrogens with zero attached hydrogens (tertiary/aromatic N) is 9. The van der Waals surface area contributed by atoms with E-state index in [1.54, 1.807) is 12.5 Å². The fourth-order valence-electron chi connectivity index (χ4n) is 7.36. The molecule has 72 heavy (non-hydrogen) atoms. The van der Waals surface area contributed by atoms with Gasteiger partial charge in [-0.25, -0.2) is 19.9 Å². The van der Waals surface area contributed by atoms with Crippen LogP contribution in [-0.2, 0) is 16.6 Å². The minimum atomic E-state index is 0.0121. The van der Waals surface area contributed by atoms with Gasteiger partial charge in [-0.3, -0.25) is 20.1 Å². The zero-order valence-corrected chi connectivity index (χ0v) is 50.4. The monoisotopic (exact) mass is 997 g/mol. The van der Waals surface area contributed by atoms with Gasteiger partial charge in [0.25, 0.3) is 0 Å². The number of anilines is 2. The van der Waals surface area contributed by atoms with Crippen molar-refractivity contribution in [3.8, 4) is 0 Å². The Morgan fingerprint density at radius 3 is 1.53 bits per heavy atom. The molecule has 1 spiro atoms. The Morgan fingerprint density at radius 1 is 0.542 bits per heavy atom. The molecular formula is C61H108N10O. The molecule has 1 aliphatic carbocycles. The second-order valence-corrected chi connectivity index (χ2v) is 18.8. The molecule has 4 aromatic rings. The quantitative estimate of drug-likeness (QED) is 0.209. The van der Waals surface area contributed by atoms with E-state index in [1.165, 1.54) is 79.2 Å². The van der Waals surface area contributed by atoms with Gasteiger partial charge in [0.1, 0.15) is 18.0 Å². The van der Waals surface area contributed by atoms with Crippen LogP contribution in [0.5, 0.6) is 0 Å². The molecule has 3 aliphatic heterocycles. The van der Waals surface area contributed by atoms with Gasteiger partial charge < -0.3 is 14.7 Å². The predicted molar refractivity (Wildman–Crippen MR) is 315 cm³/mol. The molecule has 1 amide bonds. The fourth-order valence-corrected chi connectivity index (χ4v) is 7.36. The number of pyridine rings is 3. The highest BCUT2D eigenvalue weighted by Crippen LogP contribution is 2.55. The molecule has 8 rings (SSSR count). The van der Waals surface area contributed by atoms with Gasteiger partial charge >= 0.3 is 0 Å². The van der Waals surface area contributed by atoms with Gasteiger partial charge in [-0.1, -0.05) is 157 Å². The summed E-state index contributed by atoms with van der Waals surface area (Å²) in [6.45, 7) is 45.2. The third-order valence-corrected chi connectivity index (χ3v) is 11.8. The highest BCUT2D eigenvalue weighted by molar-refractivity contribution is 5.97. The smallest absolute Gasteiger partial charge is 0.229 e. The molecule has 0 bridgehead atoms. The summed E-state index contributed by atoms with van der Waals surface area (Å²) in [5.41, 5.74) is 8.14. The Labute approximate surface area is 443 Å². The standard InChI is InChI=1S/C14H20N2.C13H20N2.C9H17N3O.C8H11N.C7H10N2.5C2H6/c1-10(2)12-5-4-11-13(15-12)16(3)9-8-14(11)6-7-14;1-10(2)12-8-7-11-6-4-5-9-15(3)13(11)14-12;1-7(2)8(13)11-9-10-5-4-6-12(9)3;1-7(2)8-5-3-4-6-9-8;1-6(2)7-3-4-8-5-9-7;5*1-2/h4-5,10H,6-9H2,1-3H3;7-8,10H,4-6,9H2,1-3H3;7H,4-6H2,1-3H3,(H,10,11,13);3-7H,1-2H3;3-6H,1-2H3;5*1-2H3. The number of aliphatic imine (C=N–C) groups is 1. The van der Waals surface area contributed by atoms with Crippen LogP contribution >= 0.6 is 0 Å². The normalized spacial score (nSPS) is 14.2. The predicted octanol–water partition coefficient (Wildman–Crippen LogP) is 15.4. The number of hydrogen-bond donors (Lipinski definition) is 1. The van der Waals surface area contributed by atoms with Gasteiger partial charge in [-0.2, -0.15) is 0 Å². The number of aryl methyl sites for hydroxylation is 1. The van der Waals surface area contributed by atoms with Crippen LogP contribution in [0.3, 0.4) is 0 Å². The minimum Gasteiger partial charge on any atom is -0.359 e. The first-order valence-electron chi connectivity index (χ1n) is 28.2. The molecule has 7 heterocycles. The number of carbonyl (C=O) groups is 1. The maximum atomic E-state index is 11.3. The van der Waals surface area contributed by atoms with Crippen molar-refractivity contribution >= 4 is 23.5 Å². The van der Waals surface area contributed by atoms with Crippen molar-refractivity contribution in [3.63, 3.8) is 0 Å². The summed E-state index contributed by atoms with van der Waals surface area (Å²) < 4.78 is 0. The molecule has 11 nitrogen and oxygen atoms in total. The molecule has 408 valence electrons. The molecule has 4 aliphatic rings. The van der Waals surface area contributed by atoms with Crippen molar-refractivity contribution in [2.24, 2.45) is 10.9 Å². The summed E-state index contributed by atoms with van der Waals surface area (Å²) in [5.74, 6) is 5.31. The first-order chi connectivity index (χ1) is 34.5. The SMILES string of the molecule is CC.CC.CC.CC.CC.CC(C)C(=O)NC1=NCCCN1C.CC(C)c1ccc2c(n1)N(C)CCC21CC1.CC(C)c1ccc2c(n1)N(C)CCCC2.CC(C)c1ccccn1.CC(C)c1ccncn1. The summed E-state index contributed by atoms with van der Waals surface area (Å²) in [5, 5.41) is 2.81. The van der Waals surface area contributed by atoms with Crippen LogP contribution < -0.4 is 15.1 Å². The van der Waals surface area contributed by atoms with Crippen LogP contribution in [-0.4, -0.2) is 89.0 Å². The molecule has 0 aromatic carbocycles. The lowest BCUT2D eigenvalue weighted by Gasteiger charge is -2.32. The van der Waals surface area contributed by atoms with Crippen molar-refractivity contribution in [1.29, 1.82) is 0 Å². The molecule has 0 radical (unpaired) electrons. The summed E-state index contributed by atoms with van der Waals surface area (Å²) in [6.07, 6.45) is 14.1. The van der Waals surface area contributed by atoms with E-state index in [1.807, 2.05) is 125 Å². The number of guanidine groups is 1. The second kappa shape index (κ2) is 39.6. The maximum absolute atomic E-state index is 11.3. The second-order valence-electron chi connectivity index (χ2n) is 18.8. The van der Waals surface area contributed by atoms with Crippen molar-refractivity contribution in [2.45, 2.75) is 213 Å². The number of fused-ring (bicyclic) bond motifs is 3. The first-order valence-corrected chi connectivity index (χ1v) is 28.2. The molecule has 1 fully saturated rings. The number of aromatic nitrogens is 5. The van der Waals surface area contributed by atoms with Crippen LogP contribution in [0.2, 0.25) is 0 Å². The van der Waals surface area contributed by atoms with Gasteiger partial charge in [0.15, 0.2) is 5.96 Å². The van der Waals surface area contributed by atoms with Gasteiger partial charge in [0.2, 0.25) is 5.91 Å². The van der Waals surface area contributed by atoms with Crippen LogP contribution in [0.1, 0.15) is 235 Å². The third kappa shape index (κ3) is 24.7. The minimum absolute atomic E-state index is 0.0121.